The number of carbonyl (C=O) groups excluding carboxylic acids is 2. The van der Waals surface area contributed by atoms with Crippen molar-refractivity contribution in [3.63, 3.8) is 0 Å². The lowest BCUT2D eigenvalue weighted by Crippen LogP contribution is -2.16. The molecule has 122 valence electrons. The second-order valence-corrected chi connectivity index (χ2v) is 4.50. The van der Waals surface area contributed by atoms with E-state index in [1.165, 1.54) is 0 Å². The van der Waals surface area contributed by atoms with Gasteiger partial charge < -0.3 is 20.9 Å². The van der Waals surface area contributed by atoms with Gasteiger partial charge in [-0.1, -0.05) is 26.5 Å². The second kappa shape index (κ2) is 13.3. The minimum atomic E-state index is -0.342. The summed E-state index contributed by atoms with van der Waals surface area (Å²) in [6.07, 6.45) is 1.71. The average Bonchev–Trinajstić information content (AvgIpc) is 2.48. The summed E-state index contributed by atoms with van der Waals surface area (Å²) in [4.78, 5) is 21.8. The maximum atomic E-state index is 11.0. The summed E-state index contributed by atoms with van der Waals surface area (Å²) in [5.74, 6) is -0.487. The molecular weight excluding hydrogens is 272 g/mol. The van der Waals surface area contributed by atoms with Gasteiger partial charge in [0.2, 0.25) is 0 Å². The van der Waals surface area contributed by atoms with Crippen LogP contribution in [-0.4, -0.2) is 38.2 Å². The normalized spacial score (nSPS) is 10.5. The molecule has 0 aromatic carbocycles. The van der Waals surface area contributed by atoms with Crippen molar-refractivity contribution >= 4 is 11.9 Å². The zero-order chi connectivity index (χ0) is 16.8. The number of ether oxygens (including phenoxy) is 2. The smallest absolute Gasteiger partial charge is 0.333 e. The first-order valence-electron chi connectivity index (χ1n) is 6.87. The highest BCUT2D eigenvalue weighted by atomic mass is 16.5. The van der Waals surface area contributed by atoms with E-state index in [0.29, 0.717) is 30.8 Å². The number of hydrogen-bond acceptors (Lipinski definition) is 6. The van der Waals surface area contributed by atoms with Gasteiger partial charge >= 0.3 is 11.9 Å². The summed E-state index contributed by atoms with van der Waals surface area (Å²) in [6, 6.07) is 0. The summed E-state index contributed by atoms with van der Waals surface area (Å²) in [6.45, 7) is 12.2. The summed E-state index contributed by atoms with van der Waals surface area (Å²) < 4.78 is 9.46. The van der Waals surface area contributed by atoms with Gasteiger partial charge in [-0.15, -0.1) is 0 Å². The molecule has 0 aliphatic heterocycles. The van der Waals surface area contributed by atoms with Crippen LogP contribution in [0.25, 0.3) is 0 Å². The van der Waals surface area contributed by atoms with Crippen LogP contribution in [0.15, 0.2) is 23.8 Å². The van der Waals surface area contributed by atoms with Crippen LogP contribution in [0.3, 0.4) is 0 Å². The Bertz CT molecular complexity index is 363. The van der Waals surface area contributed by atoms with Crippen molar-refractivity contribution in [3.05, 3.63) is 23.8 Å². The molecule has 0 aromatic heterocycles. The van der Waals surface area contributed by atoms with Crippen molar-refractivity contribution in [2.45, 2.75) is 27.7 Å². The maximum absolute atomic E-state index is 11.0. The first-order chi connectivity index (χ1) is 9.81. The summed E-state index contributed by atoms with van der Waals surface area (Å²) in [5, 5.41) is 0. The van der Waals surface area contributed by atoms with E-state index in [9.17, 15) is 9.59 Å². The van der Waals surface area contributed by atoms with Crippen LogP contribution in [0.5, 0.6) is 0 Å². The van der Waals surface area contributed by atoms with Gasteiger partial charge in [0.05, 0.1) is 0 Å². The highest BCUT2D eigenvalue weighted by molar-refractivity contribution is 5.88. The van der Waals surface area contributed by atoms with Gasteiger partial charge in [0.1, 0.15) is 13.2 Å². The van der Waals surface area contributed by atoms with E-state index < -0.39 is 0 Å². The van der Waals surface area contributed by atoms with Crippen molar-refractivity contribution < 1.29 is 19.1 Å². The molecule has 0 saturated heterocycles. The van der Waals surface area contributed by atoms with Gasteiger partial charge in [0, 0.05) is 24.2 Å². The summed E-state index contributed by atoms with van der Waals surface area (Å²) in [5.41, 5.74) is 11.4. The van der Waals surface area contributed by atoms with Gasteiger partial charge in [0.15, 0.2) is 0 Å². The molecule has 21 heavy (non-hydrogen) atoms. The molecule has 0 rings (SSSR count). The second-order valence-electron chi connectivity index (χ2n) is 4.50. The Morgan fingerprint density at radius 1 is 1.10 bits per heavy atom. The van der Waals surface area contributed by atoms with Crippen molar-refractivity contribution in [1.82, 2.24) is 0 Å². The lowest BCUT2D eigenvalue weighted by Gasteiger charge is -2.07. The maximum Gasteiger partial charge on any atom is 0.333 e. The summed E-state index contributed by atoms with van der Waals surface area (Å²) >= 11 is 0. The minimum Gasteiger partial charge on any atom is -0.461 e. The fourth-order valence-electron chi connectivity index (χ4n) is 0.863. The van der Waals surface area contributed by atoms with Gasteiger partial charge in [-0.25, -0.2) is 9.59 Å². The first kappa shape index (κ1) is 21.6. The Morgan fingerprint density at radius 3 is 1.86 bits per heavy atom. The van der Waals surface area contributed by atoms with Crippen molar-refractivity contribution in [2.24, 2.45) is 17.4 Å². The van der Waals surface area contributed by atoms with Gasteiger partial charge in [-0.2, -0.15) is 0 Å². The van der Waals surface area contributed by atoms with Crippen LogP contribution in [0.4, 0.5) is 0 Å². The van der Waals surface area contributed by atoms with Crippen molar-refractivity contribution in [3.8, 4) is 0 Å². The number of carbonyl (C=O) groups is 2. The number of esters is 2. The first-order valence-corrected chi connectivity index (χ1v) is 6.87. The fourth-order valence-corrected chi connectivity index (χ4v) is 0.863. The zero-order valence-electron chi connectivity index (χ0n) is 13.5. The molecule has 0 aromatic rings. The Hall–Kier alpha value is -1.66. The molecule has 6 heteroatoms. The van der Waals surface area contributed by atoms with Gasteiger partial charge in [-0.05, 0) is 19.8 Å². The number of rotatable bonds is 7. The van der Waals surface area contributed by atoms with E-state index in [1.54, 1.807) is 19.9 Å². The SMILES string of the molecule is C=C(C(=O)OCCN)C(C)C.CC=C(C)C(=O)OCCN. The molecule has 6 nitrogen and oxygen atoms in total. The topological polar surface area (TPSA) is 105 Å². The molecule has 0 fully saturated rings. The fraction of sp³-hybridized carbons (Fsp3) is 0.600. The van der Waals surface area contributed by atoms with Crippen LogP contribution in [0, 0.1) is 5.92 Å². The predicted molar refractivity (Wildman–Crippen MR) is 83.4 cm³/mol. The van der Waals surface area contributed by atoms with Crippen LogP contribution in [0.2, 0.25) is 0 Å². The third kappa shape index (κ3) is 11.8. The van der Waals surface area contributed by atoms with Crippen LogP contribution in [0.1, 0.15) is 27.7 Å². The standard InChI is InChI=1S/C8H15NO2.C7H13NO2/c1-6(2)7(3)8(10)11-5-4-9;1-3-6(2)7(9)10-5-4-8/h6H,3-5,9H2,1-2H3;3H,4-5,8H2,1-2H3. The third-order valence-electron chi connectivity index (χ3n) is 2.42. The highest BCUT2D eigenvalue weighted by Gasteiger charge is 2.10. The Morgan fingerprint density at radius 2 is 1.52 bits per heavy atom. The van der Waals surface area contributed by atoms with Crippen LogP contribution in [-0.2, 0) is 19.1 Å². The lowest BCUT2D eigenvalue weighted by molar-refractivity contribution is -0.139. The molecule has 0 amide bonds. The highest BCUT2D eigenvalue weighted by Crippen LogP contribution is 2.07. The zero-order valence-corrected chi connectivity index (χ0v) is 13.5. The van der Waals surface area contributed by atoms with Gasteiger partial charge in [0.25, 0.3) is 0 Å². The minimum absolute atomic E-state index is 0.139. The Kier molecular flexibility index (Phi) is 13.7. The molecule has 0 aliphatic carbocycles. The number of allylic oxidation sites excluding steroid dienone is 1. The molecule has 0 spiro atoms. The molecule has 0 atom stereocenters. The monoisotopic (exact) mass is 300 g/mol. The third-order valence-corrected chi connectivity index (χ3v) is 2.42. The summed E-state index contributed by atoms with van der Waals surface area (Å²) in [7, 11) is 0. The molecule has 0 bridgehead atoms. The largest absolute Gasteiger partial charge is 0.461 e. The Balaban J connectivity index is 0. The molecule has 4 N–H and O–H groups in total. The van der Waals surface area contributed by atoms with E-state index in [-0.39, 0.29) is 24.5 Å². The molecule has 0 aliphatic rings. The van der Waals surface area contributed by atoms with Crippen molar-refractivity contribution in [2.75, 3.05) is 26.3 Å². The molecule has 0 saturated carbocycles. The van der Waals surface area contributed by atoms with E-state index in [0.717, 1.165) is 0 Å². The van der Waals surface area contributed by atoms with E-state index in [4.69, 9.17) is 20.9 Å². The quantitative estimate of drug-likeness (QED) is 0.540. The molecule has 0 heterocycles. The number of nitrogens with two attached hydrogens (primary N) is 2. The van der Waals surface area contributed by atoms with E-state index in [2.05, 4.69) is 6.58 Å². The predicted octanol–water partition coefficient (Wildman–Crippen LogP) is 1.16. The average molecular weight is 300 g/mol. The molecule has 0 unspecified atom stereocenters. The van der Waals surface area contributed by atoms with Crippen molar-refractivity contribution in [1.29, 1.82) is 0 Å². The van der Waals surface area contributed by atoms with E-state index in [1.807, 2.05) is 13.8 Å². The number of hydrogen-bond donors (Lipinski definition) is 2. The molecular formula is C15H28N2O4. The lowest BCUT2D eigenvalue weighted by atomic mass is 10.1. The van der Waals surface area contributed by atoms with E-state index >= 15 is 0 Å². The molecule has 0 radical (unpaired) electrons. The van der Waals surface area contributed by atoms with Gasteiger partial charge in [-0.3, -0.25) is 0 Å². The van der Waals surface area contributed by atoms with Crippen LogP contribution >= 0.6 is 0 Å². The van der Waals surface area contributed by atoms with Crippen LogP contribution < -0.4 is 11.5 Å². The Labute approximate surface area is 127 Å².